The minimum Gasteiger partial charge on any atom is -0.398 e. The lowest BCUT2D eigenvalue weighted by Gasteiger charge is -2.41. The lowest BCUT2D eigenvalue weighted by atomic mass is 9.76. The van der Waals surface area contributed by atoms with E-state index in [-0.39, 0.29) is 23.7 Å². The highest BCUT2D eigenvalue weighted by Crippen LogP contribution is 2.34. The van der Waals surface area contributed by atoms with Gasteiger partial charge in [0.15, 0.2) is 0 Å². The van der Waals surface area contributed by atoms with Crippen LogP contribution in [0.1, 0.15) is 35.7 Å². The average molecular weight is 331 g/mol. The van der Waals surface area contributed by atoms with Gasteiger partial charge in [-0.1, -0.05) is 49.4 Å². The first-order valence-electron chi connectivity index (χ1n) is 7.79. The lowest BCUT2D eigenvalue weighted by Crippen LogP contribution is -2.47. The summed E-state index contributed by atoms with van der Waals surface area (Å²) >= 11 is 0. The molecule has 1 saturated heterocycles. The van der Waals surface area contributed by atoms with Gasteiger partial charge in [0.05, 0.1) is 5.56 Å². The number of carbonyl (C=O) groups is 1. The first-order valence-corrected chi connectivity index (χ1v) is 7.79. The second-order valence-electron chi connectivity index (χ2n) is 6.34. The average Bonchev–Trinajstić information content (AvgIpc) is 2.56. The summed E-state index contributed by atoms with van der Waals surface area (Å²) < 4.78 is 0. The number of hydrogen-bond donors (Lipinski definition) is 1. The Morgan fingerprint density at radius 2 is 1.74 bits per heavy atom. The van der Waals surface area contributed by atoms with E-state index in [9.17, 15) is 4.79 Å². The van der Waals surface area contributed by atoms with Crippen LogP contribution in [0.5, 0.6) is 0 Å². The largest absolute Gasteiger partial charge is 0.398 e. The number of carbonyl (C=O) groups excluding carboxylic acids is 1. The number of nitrogens with zero attached hydrogens (tertiary/aromatic N) is 1. The molecular weight excluding hydrogens is 308 g/mol. The molecule has 122 valence electrons. The van der Waals surface area contributed by atoms with E-state index in [4.69, 9.17) is 5.73 Å². The Balaban J connectivity index is 0.00000192. The van der Waals surface area contributed by atoms with Crippen LogP contribution in [0.15, 0.2) is 54.6 Å². The number of piperidine rings is 1. The molecule has 2 aromatic rings. The molecule has 0 radical (unpaired) electrons. The van der Waals surface area contributed by atoms with Crippen molar-refractivity contribution in [2.75, 3.05) is 18.8 Å². The van der Waals surface area contributed by atoms with Gasteiger partial charge < -0.3 is 10.6 Å². The van der Waals surface area contributed by atoms with Crippen LogP contribution >= 0.6 is 12.4 Å². The van der Waals surface area contributed by atoms with E-state index in [1.54, 1.807) is 6.07 Å². The van der Waals surface area contributed by atoms with Crippen molar-refractivity contribution in [2.45, 2.75) is 25.2 Å². The lowest BCUT2D eigenvalue weighted by molar-refractivity contribution is 0.0652. The maximum Gasteiger partial charge on any atom is 0.255 e. The molecule has 0 saturated carbocycles. The topological polar surface area (TPSA) is 46.3 Å². The molecule has 0 aromatic heterocycles. The molecule has 1 aliphatic heterocycles. The molecule has 1 atom stereocenters. The van der Waals surface area contributed by atoms with Crippen molar-refractivity contribution < 1.29 is 4.79 Å². The Bertz CT molecular complexity index is 674. The fourth-order valence-corrected chi connectivity index (χ4v) is 3.35. The van der Waals surface area contributed by atoms with Gasteiger partial charge in [0.2, 0.25) is 0 Å². The number of para-hydroxylation sites is 1. The smallest absolute Gasteiger partial charge is 0.255 e. The summed E-state index contributed by atoms with van der Waals surface area (Å²) in [5, 5.41) is 0. The highest BCUT2D eigenvalue weighted by molar-refractivity contribution is 5.99. The monoisotopic (exact) mass is 330 g/mol. The number of hydrogen-bond acceptors (Lipinski definition) is 2. The van der Waals surface area contributed by atoms with Crippen LogP contribution in [-0.4, -0.2) is 23.9 Å². The normalized spacial score (nSPS) is 20.7. The summed E-state index contributed by atoms with van der Waals surface area (Å²) in [6.07, 6.45) is 2.12. The van der Waals surface area contributed by atoms with Crippen LogP contribution in [0.3, 0.4) is 0 Å². The van der Waals surface area contributed by atoms with Crippen molar-refractivity contribution in [3.8, 4) is 0 Å². The molecular formula is C19H23ClN2O. The molecule has 1 heterocycles. The van der Waals surface area contributed by atoms with Gasteiger partial charge >= 0.3 is 0 Å². The van der Waals surface area contributed by atoms with Gasteiger partial charge in [0.25, 0.3) is 5.91 Å². The molecule has 0 bridgehead atoms. The number of nitrogen functional groups attached to an aromatic ring is 1. The highest BCUT2D eigenvalue weighted by atomic mass is 35.5. The maximum absolute atomic E-state index is 12.8. The number of anilines is 1. The maximum atomic E-state index is 12.8. The first-order chi connectivity index (χ1) is 10.6. The summed E-state index contributed by atoms with van der Waals surface area (Å²) in [6.45, 7) is 3.79. The van der Waals surface area contributed by atoms with Crippen LogP contribution in [0.25, 0.3) is 0 Å². The molecule has 3 rings (SSSR count). The van der Waals surface area contributed by atoms with E-state index >= 15 is 0 Å². The van der Waals surface area contributed by atoms with Crippen LogP contribution in [-0.2, 0) is 5.41 Å². The Labute approximate surface area is 143 Å². The molecule has 2 N–H and O–H groups in total. The van der Waals surface area contributed by atoms with Gasteiger partial charge in [-0.05, 0) is 30.5 Å². The number of likely N-dealkylation sites (tertiary alicyclic amines) is 1. The predicted molar refractivity (Wildman–Crippen MR) is 97.0 cm³/mol. The SMILES string of the molecule is CC1(c2ccccc2)CCCN(C(=O)c2ccccc2N)C1.Cl. The van der Waals surface area contributed by atoms with Gasteiger partial charge in [0.1, 0.15) is 0 Å². The summed E-state index contributed by atoms with van der Waals surface area (Å²) in [5.74, 6) is 0.0416. The van der Waals surface area contributed by atoms with E-state index in [0.717, 1.165) is 25.9 Å². The van der Waals surface area contributed by atoms with Gasteiger partial charge in [-0.15, -0.1) is 12.4 Å². The van der Waals surface area contributed by atoms with Crippen molar-refractivity contribution in [3.63, 3.8) is 0 Å². The van der Waals surface area contributed by atoms with Gasteiger partial charge in [0, 0.05) is 24.2 Å². The Morgan fingerprint density at radius 1 is 1.09 bits per heavy atom. The molecule has 1 amide bonds. The predicted octanol–water partition coefficient (Wildman–Crippen LogP) is 3.88. The fraction of sp³-hybridized carbons (Fsp3) is 0.316. The summed E-state index contributed by atoms with van der Waals surface area (Å²) in [5.41, 5.74) is 8.44. The van der Waals surface area contributed by atoms with Crippen molar-refractivity contribution in [2.24, 2.45) is 0 Å². The molecule has 23 heavy (non-hydrogen) atoms. The molecule has 0 spiro atoms. The van der Waals surface area contributed by atoms with E-state index in [1.807, 2.05) is 29.2 Å². The second-order valence-corrected chi connectivity index (χ2v) is 6.34. The summed E-state index contributed by atoms with van der Waals surface area (Å²) in [4.78, 5) is 14.7. The molecule has 3 nitrogen and oxygen atoms in total. The van der Waals surface area contributed by atoms with E-state index in [1.165, 1.54) is 5.56 Å². The third kappa shape index (κ3) is 3.50. The molecule has 1 fully saturated rings. The fourth-order valence-electron chi connectivity index (χ4n) is 3.35. The van der Waals surface area contributed by atoms with Crippen molar-refractivity contribution in [1.82, 2.24) is 4.90 Å². The molecule has 4 heteroatoms. The minimum atomic E-state index is 0. The highest BCUT2D eigenvalue weighted by Gasteiger charge is 2.35. The summed E-state index contributed by atoms with van der Waals surface area (Å²) in [6, 6.07) is 17.8. The van der Waals surface area contributed by atoms with Gasteiger partial charge in [-0.25, -0.2) is 0 Å². The van der Waals surface area contributed by atoms with E-state index in [2.05, 4.69) is 31.2 Å². The Hall–Kier alpha value is -2.00. The number of amides is 1. The first kappa shape index (κ1) is 17.4. The van der Waals surface area contributed by atoms with Crippen molar-refractivity contribution >= 4 is 24.0 Å². The molecule has 1 aliphatic rings. The summed E-state index contributed by atoms with van der Waals surface area (Å²) in [7, 11) is 0. The standard InChI is InChI=1S/C19H22N2O.ClH/c1-19(15-8-3-2-4-9-15)12-7-13-21(14-19)18(22)16-10-5-6-11-17(16)20;/h2-6,8-11H,7,12-14,20H2,1H3;1H. The second kappa shape index (κ2) is 7.05. The van der Waals surface area contributed by atoms with Crippen LogP contribution in [0, 0.1) is 0 Å². The Morgan fingerprint density at radius 3 is 2.43 bits per heavy atom. The van der Waals surface area contributed by atoms with Crippen LogP contribution < -0.4 is 5.73 Å². The third-order valence-corrected chi connectivity index (χ3v) is 4.65. The van der Waals surface area contributed by atoms with Gasteiger partial charge in [-0.2, -0.15) is 0 Å². The van der Waals surface area contributed by atoms with Crippen LogP contribution in [0.2, 0.25) is 0 Å². The van der Waals surface area contributed by atoms with E-state index in [0.29, 0.717) is 11.3 Å². The van der Waals surface area contributed by atoms with E-state index < -0.39 is 0 Å². The molecule has 2 aromatic carbocycles. The van der Waals surface area contributed by atoms with Crippen molar-refractivity contribution in [1.29, 1.82) is 0 Å². The van der Waals surface area contributed by atoms with Crippen LogP contribution in [0.4, 0.5) is 5.69 Å². The Kier molecular flexibility index (Phi) is 5.32. The minimum absolute atomic E-state index is 0. The zero-order valence-electron chi connectivity index (χ0n) is 13.4. The number of nitrogens with two attached hydrogens (primary N) is 1. The molecule has 0 aliphatic carbocycles. The van der Waals surface area contributed by atoms with Crippen molar-refractivity contribution in [3.05, 3.63) is 65.7 Å². The van der Waals surface area contributed by atoms with Gasteiger partial charge in [-0.3, -0.25) is 4.79 Å². The number of rotatable bonds is 2. The number of benzene rings is 2. The molecule has 1 unspecified atom stereocenters. The zero-order chi connectivity index (χ0) is 15.6. The quantitative estimate of drug-likeness (QED) is 0.849. The number of halogens is 1. The zero-order valence-corrected chi connectivity index (χ0v) is 14.2. The third-order valence-electron chi connectivity index (χ3n) is 4.65.